The molecular formula is C19H13ClF3NO4. The minimum Gasteiger partial charge on any atom is -0.477 e. The fourth-order valence-corrected chi connectivity index (χ4v) is 3.18. The average Bonchev–Trinajstić information content (AvgIpc) is 2.62. The van der Waals surface area contributed by atoms with E-state index in [0.717, 1.165) is 28.8 Å². The average molecular weight is 412 g/mol. The summed E-state index contributed by atoms with van der Waals surface area (Å²) in [6, 6.07) is 4.58. The Kier molecular flexibility index (Phi) is 5.44. The first-order valence-corrected chi connectivity index (χ1v) is 8.38. The number of halogens is 4. The van der Waals surface area contributed by atoms with Crippen molar-refractivity contribution < 1.29 is 27.8 Å². The molecule has 0 aliphatic carbocycles. The number of nitrogens with zero attached hydrogens (tertiary/aromatic N) is 1. The molecule has 0 bridgehead atoms. The third-order valence-electron chi connectivity index (χ3n) is 4.22. The highest BCUT2D eigenvalue weighted by Crippen LogP contribution is 2.28. The second-order valence-electron chi connectivity index (χ2n) is 5.91. The normalized spacial score (nSPS) is 11.2. The number of fused-ring (bicyclic) bond motifs is 1. The Morgan fingerprint density at radius 3 is 2.50 bits per heavy atom. The Morgan fingerprint density at radius 1 is 1.18 bits per heavy atom. The molecule has 0 saturated carbocycles. The standard InChI is InChI=1S/C19H13ClF3NO4/c1-28-5-4-15-17(19(26)27)18(25)10-7-12(22)11(20)8-16(10)24(15)14-3-2-9(21)6-13(14)23/h2-3,6-8H,4-5H2,1H3,(H,26,27). The Bertz CT molecular complexity index is 1160. The van der Waals surface area contributed by atoms with E-state index < -0.39 is 34.4 Å². The summed E-state index contributed by atoms with van der Waals surface area (Å²) in [5.41, 5.74) is -1.92. The van der Waals surface area contributed by atoms with Gasteiger partial charge in [0.2, 0.25) is 5.43 Å². The van der Waals surface area contributed by atoms with Crippen molar-refractivity contribution in [2.75, 3.05) is 13.7 Å². The van der Waals surface area contributed by atoms with Crippen LogP contribution in [0.15, 0.2) is 35.1 Å². The lowest BCUT2D eigenvalue weighted by Crippen LogP contribution is -2.25. The third-order valence-corrected chi connectivity index (χ3v) is 4.51. The number of carboxylic acid groups (broad SMARTS) is 1. The molecule has 1 aromatic heterocycles. The highest BCUT2D eigenvalue weighted by Gasteiger charge is 2.25. The molecule has 0 unspecified atom stereocenters. The van der Waals surface area contributed by atoms with Crippen LogP contribution < -0.4 is 5.43 Å². The molecule has 3 rings (SSSR count). The molecule has 0 radical (unpaired) electrons. The van der Waals surface area contributed by atoms with Gasteiger partial charge in [-0.3, -0.25) is 4.79 Å². The van der Waals surface area contributed by atoms with E-state index in [1.807, 2.05) is 0 Å². The molecule has 0 spiro atoms. The SMILES string of the molecule is COCCc1c(C(=O)O)c(=O)c2cc(F)c(Cl)cc2n1-c1ccc(F)cc1F. The summed E-state index contributed by atoms with van der Waals surface area (Å²) in [4.78, 5) is 24.5. The van der Waals surface area contributed by atoms with Crippen LogP contribution in [0.3, 0.4) is 0 Å². The minimum atomic E-state index is -1.57. The predicted molar refractivity (Wildman–Crippen MR) is 97.0 cm³/mol. The van der Waals surface area contributed by atoms with Crippen LogP contribution in [0.4, 0.5) is 13.2 Å². The number of rotatable bonds is 5. The van der Waals surface area contributed by atoms with E-state index in [-0.39, 0.29) is 40.3 Å². The lowest BCUT2D eigenvalue weighted by Gasteiger charge is -2.20. The molecule has 1 N–H and O–H groups in total. The topological polar surface area (TPSA) is 68.5 Å². The monoisotopic (exact) mass is 411 g/mol. The van der Waals surface area contributed by atoms with Crippen molar-refractivity contribution in [2.45, 2.75) is 6.42 Å². The van der Waals surface area contributed by atoms with Crippen molar-refractivity contribution in [3.8, 4) is 5.69 Å². The lowest BCUT2D eigenvalue weighted by molar-refractivity contribution is 0.0693. The summed E-state index contributed by atoms with van der Waals surface area (Å²) in [7, 11) is 1.37. The van der Waals surface area contributed by atoms with Crippen molar-refractivity contribution >= 4 is 28.5 Å². The number of benzene rings is 2. The molecule has 3 aromatic rings. The molecule has 1 heterocycles. The first-order valence-electron chi connectivity index (χ1n) is 8.00. The zero-order chi connectivity index (χ0) is 20.6. The largest absolute Gasteiger partial charge is 0.477 e. The van der Waals surface area contributed by atoms with Gasteiger partial charge >= 0.3 is 5.97 Å². The van der Waals surface area contributed by atoms with Gasteiger partial charge in [-0.2, -0.15) is 0 Å². The van der Waals surface area contributed by atoms with Gasteiger partial charge in [0.05, 0.1) is 22.8 Å². The molecule has 0 aliphatic rings. The molecular weight excluding hydrogens is 399 g/mol. The Morgan fingerprint density at radius 2 is 1.89 bits per heavy atom. The zero-order valence-corrected chi connectivity index (χ0v) is 15.2. The van der Waals surface area contributed by atoms with Crippen LogP contribution >= 0.6 is 11.6 Å². The first-order chi connectivity index (χ1) is 13.3. The van der Waals surface area contributed by atoms with Crippen molar-refractivity contribution in [1.82, 2.24) is 4.57 Å². The highest BCUT2D eigenvalue weighted by atomic mass is 35.5. The van der Waals surface area contributed by atoms with E-state index in [0.29, 0.717) is 6.07 Å². The maximum Gasteiger partial charge on any atom is 0.341 e. The highest BCUT2D eigenvalue weighted by molar-refractivity contribution is 6.31. The summed E-state index contributed by atoms with van der Waals surface area (Å²) in [5.74, 6) is -4.34. The van der Waals surface area contributed by atoms with E-state index in [1.54, 1.807) is 0 Å². The van der Waals surface area contributed by atoms with Gasteiger partial charge in [-0.15, -0.1) is 0 Å². The zero-order valence-electron chi connectivity index (χ0n) is 14.4. The van der Waals surface area contributed by atoms with Crippen molar-refractivity contribution in [1.29, 1.82) is 0 Å². The van der Waals surface area contributed by atoms with Gasteiger partial charge in [0.15, 0.2) is 0 Å². The molecule has 9 heteroatoms. The van der Waals surface area contributed by atoms with Crippen LogP contribution in [0, 0.1) is 17.5 Å². The van der Waals surface area contributed by atoms with Crippen LogP contribution in [0.2, 0.25) is 5.02 Å². The maximum absolute atomic E-state index is 14.6. The third kappa shape index (κ3) is 3.36. The van der Waals surface area contributed by atoms with Crippen LogP contribution in [-0.4, -0.2) is 29.4 Å². The Hall–Kier alpha value is -2.84. The molecule has 0 amide bonds. The fraction of sp³-hybridized carbons (Fsp3) is 0.158. The number of aromatic nitrogens is 1. The van der Waals surface area contributed by atoms with Gasteiger partial charge in [0.25, 0.3) is 0 Å². The molecule has 146 valence electrons. The number of methoxy groups -OCH3 is 1. The van der Waals surface area contributed by atoms with Gasteiger partial charge < -0.3 is 14.4 Å². The summed E-state index contributed by atoms with van der Waals surface area (Å²) < 4.78 is 48.0. The first kappa shape index (κ1) is 19.9. The van der Waals surface area contributed by atoms with E-state index >= 15 is 0 Å². The summed E-state index contributed by atoms with van der Waals surface area (Å²) in [5, 5.41) is 8.94. The van der Waals surface area contributed by atoms with Gasteiger partial charge in [0.1, 0.15) is 23.0 Å². The van der Waals surface area contributed by atoms with E-state index in [4.69, 9.17) is 16.3 Å². The summed E-state index contributed by atoms with van der Waals surface area (Å²) >= 11 is 5.84. The van der Waals surface area contributed by atoms with E-state index in [2.05, 4.69) is 0 Å². The predicted octanol–water partition coefficient (Wildman–Crippen LogP) is 3.95. The van der Waals surface area contributed by atoms with Gasteiger partial charge in [0, 0.05) is 30.7 Å². The molecule has 0 fully saturated rings. The Labute approximate surface area is 161 Å². The lowest BCUT2D eigenvalue weighted by atomic mass is 10.0. The van der Waals surface area contributed by atoms with Crippen LogP contribution in [0.5, 0.6) is 0 Å². The molecule has 0 atom stereocenters. The van der Waals surface area contributed by atoms with Gasteiger partial charge in [-0.1, -0.05) is 11.6 Å². The van der Waals surface area contributed by atoms with Crippen molar-refractivity contribution in [3.05, 3.63) is 74.3 Å². The number of pyridine rings is 1. The minimum absolute atomic E-state index is 0.0157. The van der Waals surface area contributed by atoms with Gasteiger partial charge in [-0.25, -0.2) is 18.0 Å². The molecule has 0 aliphatic heterocycles. The van der Waals surface area contributed by atoms with Crippen LogP contribution in [0.25, 0.3) is 16.6 Å². The Balaban J connectivity index is 2.57. The second-order valence-corrected chi connectivity index (χ2v) is 6.32. The smallest absolute Gasteiger partial charge is 0.341 e. The number of aromatic carboxylic acids is 1. The van der Waals surface area contributed by atoms with E-state index in [1.165, 1.54) is 7.11 Å². The molecule has 0 saturated heterocycles. The molecule has 2 aromatic carbocycles. The number of hydrogen-bond acceptors (Lipinski definition) is 3. The number of hydrogen-bond donors (Lipinski definition) is 1. The molecule has 5 nitrogen and oxygen atoms in total. The fourth-order valence-electron chi connectivity index (χ4n) is 3.02. The van der Waals surface area contributed by atoms with E-state index in [9.17, 15) is 27.9 Å². The number of carbonyl (C=O) groups is 1. The number of carboxylic acids is 1. The molecule has 28 heavy (non-hydrogen) atoms. The van der Waals surface area contributed by atoms with Crippen molar-refractivity contribution in [3.63, 3.8) is 0 Å². The van der Waals surface area contributed by atoms with Gasteiger partial charge in [-0.05, 0) is 24.3 Å². The van der Waals surface area contributed by atoms with Crippen LogP contribution in [0.1, 0.15) is 16.1 Å². The van der Waals surface area contributed by atoms with Crippen molar-refractivity contribution in [2.24, 2.45) is 0 Å². The quantitative estimate of drug-likeness (QED) is 0.690. The van der Waals surface area contributed by atoms with Crippen LogP contribution in [-0.2, 0) is 11.2 Å². The maximum atomic E-state index is 14.6. The second kappa shape index (κ2) is 7.65. The summed E-state index contributed by atoms with van der Waals surface area (Å²) in [6.45, 7) is 0.0168. The summed E-state index contributed by atoms with van der Waals surface area (Å²) in [6.07, 6.45) is -0.0743. The number of ether oxygens (including phenoxy) is 1.